The third-order valence-electron chi connectivity index (χ3n) is 2.86. The molecule has 1 aromatic rings. The van der Waals surface area contributed by atoms with Crippen molar-refractivity contribution in [3.8, 4) is 0 Å². The van der Waals surface area contributed by atoms with Crippen molar-refractivity contribution in [2.24, 2.45) is 0 Å². The van der Waals surface area contributed by atoms with Crippen LogP contribution in [0.1, 0.15) is 43.2 Å². The monoisotopic (exact) mass is 275 g/mol. The molecule has 0 saturated heterocycles. The van der Waals surface area contributed by atoms with Crippen molar-refractivity contribution in [3.63, 3.8) is 0 Å². The van der Waals surface area contributed by atoms with E-state index in [1.165, 1.54) is 7.11 Å². The van der Waals surface area contributed by atoms with Crippen LogP contribution in [0.2, 0.25) is 0 Å². The van der Waals surface area contributed by atoms with Gasteiger partial charge in [-0.25, -0.2) is 0 Å². The standard InChI is InChI=1S/C13H16F3NO2/c1-3-4-5-9(12(18)19-2)10-8-17-7-6-11(10)13(14,15)16/h6-9H,3-5H2,1-2H3. The Morgan fingerprint density at radius 3 is 2.68 bits per heavy atom. The second-order valence-electron chi connectivity index (χ2n) is 4.18. The summed E-state index contributed by atoms with van der Waals surface area (Å²) >= 11 is 0. The third kappa shape index (κ3) is 3.94. The van der Waals surface area contributed by atoms with E-state index in [0.717, 1.165) is 24.9 Å². The number of aromatic nitrogens is 1. The summed E-state index contributed by atoms with van der Waals surface area (Å²) in [6.07, 6.45) is -0.587. The Kier molecular flexibility index (Phi) is 5.32. The summed E-state index contributed by atoms with van der Waals surface area (Å²) in [6, 6.07) is 0.886. The molecule has 0 amide bonds. The third-order valence-corrected chi connectivity index (χ3v) is 2.86. The van der Waals surface area contributed by atoms with E-state index in [0.29, 0.717) is 12.8 Å². The van der Waals surface area contributed by atoms with Gasteiger partial charge < -0.3 is 4.74 Å². The fourth-order valence-corrected chi connectivity index (χ4v) is 1.89. The largest absolute Gasteiger partial charge is 0.469 e. The van der Waals surface area contributed by atoms with Gasteiger partial charge in [0.25, 0.3) is 0 Å². The number of ether oxygens (including phenoxy) is 1. The Labute approximate surface area is 109 Å². The molecule has 0 fully saturated rings. The van der Waals surface area contributed by atoms with Crippen LogP contribution in [0.4, 0.5) is 13.2 Å². The van der Waals surface area contributed by atoms with Crippen LogP contribution in [0.15, 0.2) is 18.5 Å². The van der Waals surface area contributed by atoms with Crippen LogP contribution in [0.3, 0.4) is 0 Å². The number of carbonyl (C=O) groups is 1. The molecule has 19 heavy (non-hydrogen) atoms. The minimum atomic E-state index is -4.50. The van der Waals surface area contributed by atoms with E-state index < -0.39 is 23.6 Å². The predicted octanol–water partition coefficient (Wildman–Crippen LogP) is 3.55. The maximum absolute atomic E-state index is 12.9. The van der Waals surface area contributed by atoms with Crippen molar-refractivity contribution in [2.75, 3.05) is 7.11 Å². The lowest BCUT2D eigenvalue weighted by Crippen LogP contribution is -2.19. The van der Waals surface area contributed by atoms with Gasteiger partial charge in [0, 0.05) is 12.4 Å². The average Bonchev–Trinajstić information content (AvgIpc) is 2.38. The number of halogens is 3. The molecule has 106 valence electrons. The van der Waals surface area contributed by atoms with Crippen LogP contribution in [-0.2, 0) is 15.7 Å². The molecular formula is C13H16F3NO2. The number of hydrogen-bond acceptors (Lipinski definition) is 3. The fraction of sp³-hybridized carbons (Fsp3) is 0.538. The Morgan fingerprint density at radius 1 is 1.47 bits per heavy atom. The number of nitrogens with zero attached hydrogens (tertiary/aromatic N) is 1. The molecule has 0 aliphatic rings. The van der Waals surface area contributed by atoms with Crippen LogP contribution in [0, 0.1) is 0 Å². The van der Waals surface area contributed by atoms with Crippen LogP contribution in [0.5, 0.6) is 0 Å². The van der Waals surface area contributed by atoms with Gasteiger partial charge in [-0.15, -0.1) is 0 Å². The topological polar surface area (TPSA) is 39.2 Å². The lowest BCUT2D eigenvalue weighted by molar-refractivity contribution is -0.144. The highest BCUT2D eigenvalue weighted by Crippen LogP contribution is 2.36. The zero-order valence-corrected chi connectivity index (χ0v) is 10.8. The summed E-state index contributed by atoms with van der Waals surface area (Å²) in [5.74, 6) is -1.58. The van der Waals surface area contributed by atoms with Crippen molar-refractivity contribution >= 4 is 5.97 Å². The van der Waals surface area contributed by atoms with Crippen LogP contribution >= 0.6 is 0 Å². The summed E-state index contributed by atoms with van der Waals surface area (Å²) in [4.78, 5) is 15.4. The van der Waals surface area contributed by atoms with E-state index in [2.05, 4.69) is 9.72 Å². The highest BCUT2D eigenvalue weighted by atomic mass is 19.4. The molecule has 0 radical (unpaired) electrons. The number of hydrogen-bond donors (Lipinski definition) is 0. The van der Waals surface area contributed by atoms with Gasteiger partial charge in [0.05, 0.1) is 18.6 Å². The molecule has 0 aliphatic heterocycles. The predicted molar refractivity (Wildman–Crippen MR) is 63.5 cm³/mol. The second kappa shape index (κ2) is 6.54. The van der Waals surface area contributed by atoms with E-state index in [1.807, 2.05) is 6.92 Å². The number of carbonyl (C=O) groups excluding carboxylic acids is 1. The van der Waals surface area contributed by atoms with Gasteiger partial charge in [-0.1, -0.05) is 19.8 Å². The SMILES string of the molecule is CCCCC(C(=O)OC)c1cnccc1C(F)(F)F. The number of methoxy groups -OCH3 is 1. The Bertz CT molecular complexity index is 432. The summed E-state index contributed by atoms with van der Waals surface area (Å²) in [5.41, 5.74) is -0.940. The highest BCUT2D eigenvalue weighted by Gasteiger charge is 2.37. The maximum Gasteiger partial charge on any atom is 0.416 e. The zero-order valence-electron chi connectivity index (χ0n) is 10.8. The van der Waals surface area contributed by atoms with E-state index in [9.17, 15) is 18.0 Å². The van der Waals surface area contributed by atoms with Crippen LogP contribution < -0.4 is 0 Å². The van der Waals surface area contributed by atoms with E-state index in [-0.39, 0.29) is 5.56 Å². The Morgan fingerprint density at radius 2 is 2.16 bits per heavy atom. The average molecular weight is 275 g/mol. The molecule has 0 spiro atoms. The minimum Gasteiger partial charge on any atom is -0.469 e. The van der Waals surface area contributed by atoms with Crippen molar-refractivity contribution in [2.45, 2.75) is 38.3 Å². The zero-order chi connectivity index (χ0) is 14.5. The number of pyridine rings is 1. The first-order chi connectivity index (χ1) is 8.91. The lowest BCUT2D eigenvalue weighted by Gasteiger charge is -2.19. The van der Waals surface area contributed by atoms with Crippen molar-refractivity contribution < 1.29 is 22.7 Å². The number of alkyl halides is 3. The molecule has 1 unspecified atom stereocenters. The van der Waals surface area contributed by atoms with Crippen LogP contribution in [0.25, 0.3) is 0 Å². The van der Waals surface area contributed by atoms with Gasteiger partial charge in [-0.3, -0.25) is 9.78 Å². The second-order valence-corrected chi connectivity index (χ2v) is 4.18. The molecule has 1 aromatic heterocycles. The lowest BCUT2D eigenvalue weighted by atomic mass is 9.91. The summed E-state index contributed by atoms with van der Waals surface area (Å²) in [5, 5.41) is 0. The molecular weight excluding hydrogens is 259 g/mol. The quantitative estimate of drug-likeness (QED) is 0.771. The van der Waals surface area contributed by atoms with Gasteiger partial charge in [-0.05, 0) is 18.1 Å². The molecule has 0 N–H and O–H groups in total. The van der Waals surface area contributed by atoms with E-state index in [4.69, 9.17) is 0 Å². The van der Waals surface area contributed by atoms with Gasteiger partial charge in [0.1, 0.15) is 0 Å². The summed E-state index contributed by atoms with van der Waals surface area (Å²) in [7, 11) is 1.17. The number of rotatable bonds is 5. The molecule has 6 heteroatoms. The van der Waals surface area contributed by atoms with Gasteiger partial charge in [0.2, 0.25) is 0 Å². The molecule has 0 saturated carbocycles. The van der Waals surface area contributed by atoms with E-state index in [1.54, 1.807) is 0 Å². The Hall–Kier alpha value is -1.59. The van der Waals surface area contributed by atoms with Crippen molar-refractivity contribution in [1.29, 1.82) is 0 Å². The van der Waals surface area contributed by atoms with Crippen molar-refractivity contribution in [1.82, 2.24) is 4.98 Å². The molecule has 0 aliphatic carbocycles. The molecule has 0 bridgehead atoms. The normalized spacial score (nSPS) is 13.1. The summed E-state index contributed by atoms with van der Waals surface area (Å²) < 4.78 is 43.4. The Balaban J connectivity index is 3.18. The smallest absolute Gasteiger partial charge is 0.416 e. The van der Waals surface area contributed by atoms with Gasteiger partial charge in [-0.2, -0.15) is 13.2 Å². The van der Waals surface area contributed by atoms with Crippen LogP contribution in [-0.4, -0.2) is 18.1 Å². The summed E-state index contributed by atoms with van der Waals surface area (Å²) in [6.45, 7) is 1.91. The van der Waals surface area contributed by atoms with Gasteiger partial charge in [0.15, 0.2) is 0 Å². The molecule has 3 nitrogen and oxygen atoms in total. The number of esters is 1. The first kappa shape index (κ1) is 15.5. The molecule has 1 rings (SSSR count). The first-order valence-electron chi connectivity index (χ1n) is 6.00. The minimum absolute atomic E-state index is 0.115. The molecule has 0 aromatic carbocycles. The maximum atomic E-state index is 12.9. The van der Waals surface area contributed by atoms with E-state index >= 15 is 0 Å². The van der Waals surface area contributed by atoms with Crippen molar-refractivity contribution in [3.05, 3.63) is 29.6 Å². The fourth-order valence-electron chi connectivity index (χ4n) is 1.89. The number of unbranched alkanes of at least 4 members (excludes halogenated alkanes) is 1. The molecule has 1 heterocycles. The highest BCUT2D eigenvalue weighted by molar-refractivity contribution is 5.78. The molecule has 1 atom stereocenters. The first-order valence-corrected chi connectivity index (χ1v) is 6.00. The van der Waals surface area contributed by atoms with Gasteiger partial charge >= 0.3 is 12.1 Å².